The summed E-state index contributed by atoms with van der Waals surface area (Å²) in [6.07, 6.45) is 6.31. The van der Waals surface area contributed by atoms with Gasteiger partial charge in [-0.15, -0.1) is 0 Å². The van der Waals surface area contributed by atoms with E-state index in [1.165, 1.54) is 0 Å². The monoisotopic (exact) mass is 442 g/mol. The summed E-state index contributed by atoms with van der Waals surface area (Å²) in [7, 11) is 0. The highest BCUT2D eigenvalue weighted by atomic mass is 35.5. The molecule has 166 valence electrons. The molecule has 0 spiro atoms. The van der Waals surface area contributed by atoms with Crippen LogP contribution in [0.2, 0.25) is 5.02 Å². The number of nitrogens with two attached hydrogens (primary N) is 1. The maximum Gasteiger partial charge on any atom is 0.237 e. The maximum absolute atomic E-state index is 12.7. The largest absolute Gasteiger partial charge is 0.354 e. The van der Waals surface area contributed by atoms with Crippen molar-refractivity contribution in [2.45, 2.75) is 51.0 Å². The van der Waals surface area contributed by atoms with Crippen molar-refractivity contribution in [2.75, 3.05) is 11.9 Å². The molecule has 1 fully saturated rings. The number of anilines is 1. The lowest BCUT2D eigenvalue weighted by Crippen LogP contribution is -2.49. The van der Waals surface area contributed by atoms with E-state index in [-0.39, 0.29) is 29.1 Å². The number of halogens is 1. The van der Waals surface area contributed by atoms with Gasteiger partial charge in [0.15, 0.2) is 0 Å². The Morgan fingerprint density at radius 2 is 1.71 bits per heavy atom. The van der Waals surface area contributed by atoms with Gasteiger partial charge >= 0.3 is 0 Å². The van der Waals surface area contributed by atoms with Crippen molar-refractivity contribution in [1.29, 1.82) is 0 Å². The summed E-state index contributed by atoms with van der Waals surface area (Å²) in [6, 6.07) is 10.7. The Morgan fingerprint density at radius 3 is 2.32 bits per heavy atom. The van der Waals surface area contributed by atoms with Crippen LogP contribution in [0.25, 0.3) is 0 Å². The molecule has 1 aliphatic carbocycles. The van der Waals surface area contributed by atoms with Crippen LogP contribution in [0, 0.1) is 11.8 Å². The second-order valence-electron chi connectivity index (χ2n) is 8.97. The molecule has 2 amide bonds. The molecule has 1 aromatic heterocycles. The lowest BCUT2D eigenvalue weighted by molar-refractivity contribution is -0.124. The normalized spacial score (nSPS) is 20.0. The lowest BCUT2D eigenvalue weighted by Gasteiger charge is -2.32. The number of carbonyl (C=O) groups is 2. The van der Waals surface area contributed by atoms with Crippen LogP contribution < -0.4 is 16.4 Å². The standard InChI is InChI=1S/C24H31ClN4O2/c1-24(2,18-7-9-19(25)10-8-18)15-28-23(31)21(26)16-3-5-17(6-4-16)22(30)29-20-11-13-27-14-12-20/h7-14,16-17,21H,3-6,15,26H2,1-2H3,(H,28,31)(H,27,29,30)/t16?,17?,21-/m0/s1. The molecule has 2 aromatic rings. The molecule has 0 radical (unpaired) electrons. The van der Waals surface area contributed by atoms with Crippen LogP contribution in [-0.2, 0) is 15.0 Å². The summed E-state index contributed by atoms with van der Waals surface area (Å²) in [6.45, 7) is 4.65. The first-order valence-electron chi connectivity index (χ1n) is 10.8. The van der Waals surface area contributed by atoms with Gasteiger partial charge in [0, 0.05) is 41.0 Å². The van der Waals surface area contributed by atoms with E-state index in [9.17, 15) is 9.59 Å². The zero-order chi connectivity index (χ0) is 22.4. The molecule has 1 saturated carbocycles. The Bertz CT molecular complexity index is 878. The summed E-state index contributed by atoms with van der Waals surface area (Å²) in [5, 5.41) is 6.64. The van der Waals surface area contributed by atoms with Gasteiger partial charge in [0.25, 0.3) is 0 Å². The molecule has 0 aliphatic heterocycles. The third-order valence-electron chi connectivity index (χ3n) is 6.23. The summed E-state index contributed by atoms with van der Waals surface area (Å²) < 4.78 is 0. The van der Waals surface area contributed by atoms with Crippen molar-refractivity contribution in [3.63, 3.8) is 0 Å². The van der Waals surface area contributed by atoms with Gasteiger partial charge in [0.2, 0.25) is 11.8 Å². The quantitative estimate of drug-likeness (QED) is 0.605. The van der Waals surface area contributed by atoms with Crippen molar-refractivity contribution in [1.82, 2.24) is 10.3 Å². The van der Waals surface area contributed by atoms with Gasteiger partial charge < -0.3 is 16.4 Å². The van der Waals surface area contributed by atoms with Crippen LogP contribution >= 0.6 is 11.6 Å². The van der Waals surface area contributed by atoms with Crippen LogP contribution in [0.1, 0.15) is 45.1 Å². The van der Waals surface area contributed by atoms with E-state index in [1.54, 1.807) is 24.5 Å². The number of hydrogen-bond acceptors (Lipinski definition) is 4. The fraction of sp³-hybridized carbons (Fsp3) is 0.458. The van der Waals surface area contributed by atoms with Crippen molar-refractivity contribution in [3.05, 3.63) is 59.4 Å². The predicted molar refractivity (Wildman–Crippen MR) is 124 cm³/mol. The highest BCUT2D eigenvalue weighted by molar-refractivity contribution is 6.30. The first kappa shape index (κ1) is 23.2. The van der Waals surface area contributed by atoms with E-state index in [4.69, 9.17) is 17.3 Å². The molecule has 1 aromatic carbocycles. The Labute approximate surface area is 189 Å². The SMILES string of the molecule is CC(C)(CNC(=O)[C@@H](N)C1CCC(C(=O)Nc2ccncc2)CC1)c1ccc(Cl)cc1. The van der Waals surface area contributed by atoms with E-state index in [0.29, 0.717) is 11.6 Å². The van der Waals surface area contributed by atoms with Gasteiger partial charge in [-0.2, -0.15) is 0 Å². The third-order valence-corrected chi connectivity index (χ3v) is 6.48. The van der Waals surface area contributed by atoms with Crippen LogP contribution in [0.4, 0.5) is 5.69 Å². The number of benzene rings is 1. The summed E-state index contributed by atoms with van der Waals surface area (Å²) in [5.74, 6) is -0.0775. The average Bonchev–Trinajstić information content (AvgIpc) is 2.78. The summed E-state index contributed by atoms with van der Waals surface area (Å²) in [5.41, 5.74) is 7.91. The fourth-order valence-corrected chi connectivity index (χ4v) is 4.19. The summed E-state index contributed by atoms with van der Waals surface area (Å²) in [4.78, 5) is 29.1. The number of hydrogen-bond donors (Lipinski definition) is 3. The number of pyridine rings is 1. The van der Waals surface area contributed by atoms with Crippen molar-refractivity contribution >= 4 is 29.1 Å². The minimum absolute atomic E-state index is 0.0207. The van der Waals surface area contributed by atoms with E-state index < -0.39 is 6.04 Å². The number of nitrogens with one attached hydrogen (secondary N) is 2. The molecular formula is C24H31ClN4O2. The number of aromatic nitrogens is 1. The van der Waals surface area contributed by atoms with E-state index in [0.717, 1.165) is 36.9 Å². The van der Waals surface area contributed by atoms with E-state index >= 15 is 0 Å². The Hall–Kier alpha value is -2.44. The average molecular weight is 443 g/mol. The zero-order valence-corrected chi connectivity index (χ0v) is 18.9. The maximum atomic E-state index is 12.7. The molecule has 0 bridgehead atoms. The van der Waals surface area contributed by atoms with Crippen molar-refractivity contribution in [2.24, 2.45) is 17.6 Å². The van der Waals surface area contributed by atoms with Gasteiger partial charge in [-0.05, 0) is 61.4 Å². The zero-order valence-electron chi connectivity index (χ0n) is 18.1. The van der Waals surface area contributed by atoms with Gasteiger partial charge in [-0.1, -0.05) is 37.6 Å². The molecule has 1 atom stereocenters. The van der Waals surface area contributed by atoms with E-state index in [2.05, 4.69) is 29.5 Å². The Morgan fingerprint density at radius 1 is 1.10 bits per heavy atom. The smallest absolute Gasteiger partial charge is 0.237 e. The summed E-state index contributed by atoms with van der Waals surface area (Å²) >= 11 is 5.97. The van der Waals surface area contributed by atoms with E-state index in [1.807, 2.05) is 24.3 Å². The number of amides is 2. The van der Waals surface area contributed by atoms with Crippen LogP contribution in [-0.4, -0.2) is 29.4 Å². The second-order valence-corrected chi connectivity index (χ2v) is 9.41. The van der Waals surface area contributed by atoms with Gasteiger partial charge in [0.1, 0.15) is 0 Å². The van der Waals surface area contributed by atoms with Gasteiger partial charge in [-0.3, -0.25) is 14.6 Å². The molecule has 3 rings (SSSR count). The Balaban J connectivity index is 1.46. The molecule has 31 heavy (non-hydrogen) atoms. The number of carbonyl (C=O) groups excluding carboxylic acids is 2. The molecular weight excluding hydrogens is 412 g/mol. The van der Waals surface area contributed by atoms with Gasteiger partial charge in [-0.25, -0.2) is 0 Å². The molecule has 7 heteroatoms. The minimum atomic E-state index is -0.565. The second kappa shape index (κ2) is 10.2. The van der Waals surface area contributed by atoms with Crippen LogP contribution in [0.3, 0.4) is 0 Å². The highest BCUT2D eigenvalue weighted by Gasteiger charge is 2.33. The first-order chi connectivity index (χ1) is 14.8. The highest BCUT2D eigenvalue weighted by Crippen LogP contribution is 2.31. The molecule has 1 heterocycles. The first-order valence-corrected chi connectivity index (χ1v) is 11.1. The molecule has 0 saturated heterocycles. The van der Waals surface area contributed by atoms with Gasteiger partial charge in [0.05, 0.1) is 6.04 Å². The predicted octanol–water partition coefficient (Wildman–Crippen LogP) is 3.90. The molecule has 6 nitrogen and oxygen atoms in total. The third kappa shape index (κ3) is 6.28. The minimum Gasteiger partial charge on any atom is -0.354 e. The fourth-order valence-electron chi connectivity index (χ4n) is 4.06. The van der Waals surface area contributed by atoms with Crippen LogP contribution in [0.15, 0.2) is 48.8 Å². The topological polar surface area (TPSA) is 97.1 Å². The number of nitrogens with zero attached hydrogens (tertiary/aromatic N) is 1. The Kier molecular flexibility index (Phi) is 7.68. The van der Waals surface area contributed by atoms with Crippen molar-refractivity contribution < 1.29 is 9.59 Å². The number of rotatable bonds is 7. The molecule has 1 aliphatic rings. The molecule has 0 unspecified atom stereocenters. The lowest BCUT2D eigenvalue weighted by atomic mass is 9.78. The van der Waals surface area contributed by atoms with Crippen LogP contribution in [0.5, 0.6) is 0 Å². The molecule has 4 N–H and O–H groups in total. The van der Waals surface area contributed by atoms with Crippen molar-refractivity contribution in [3.8, 4) is 0 Å².